The van der Waals surface area contributed by atoms with Crippen molar-refractivity contribution in [2.24, 2.45) is 4.99 Å². The summed E-state index contributed by atoms with van der Waals surface area (Å²) in [6.07, 6.45) is 2.73. The van der Waals surface area contributed by atoms with Crippen LogP contribution in [0.3, 0.4) is 0 Å². The van der Waals surface area contributed by atoms with E-state index in [9.17, 15) is 4.39 Å². The molecule has 1 unspecified atom stereocenters. The molecule has 3 rings (SSSR count). The van der Waals surface area contributed by atoms with E-state index in [1.165, 1.54) is 11.1 Å². The van der Waals surface area contributed by atoms with Crippen LogP contribution in [0.2, 0.25) is 0 Å². The Hall–Kier alpha value is -2.16. The summed E-state index contributed by atoms with van der Waals surface area (Å²) in [4.78, 5) is 6.86. The Morgan fingerprint density at radius 1 is 1.23 bits per heavy atom. The molecule has 0 radical (unpaired) electrons. The standard InChI is InChI=1S/C23H29FN2/c1-7-26-22-12-20(24)18(11-19(22)17(4)13-23(26,5)6)14-25-21-9-8-15(2)10-16(21)3/h8-12,14,17H,7,13H2,1-6H3. The summed E-state index contributed by atoms with van der Waals surface area (Å²) in [6.45, 7) is 13.8. The average molecular weight is 352 g/mol. The molecule has 26 heavy (non-hydrogen) atoms. The Morgan fingerprint density at radius 2 is 1.96 bits per heavy atom. The fourth-order valence-electron chi connectivity index (χ4n) is 4.31. The Kier molecular flexibility index (Phi) is 4.92. The van der Waals surface area contributed by atoms with E-state index in [-0.39, 0.29) is 11.4 Å². The van der Waals surface area contributed by atoms with Crippen LogP contribution in [-0.4, -0.2) is 18.3 Å². The highest BCUT2D eigenvalue weighted by molar-refractivity contribution is 5.84. The molecule has 1 atom stereocenters. The zero-order valence-corrected chi connectivity index (χ0v) is 16.7. The molecular weight excluding hydrogens is 323 g/mol. The van der Waals surface area contributed by atoms with Gasteiger partial charge < -0.3 is 4.90 Å². The highest BCUT2D eigenvalue weighted by Gasteiger charge is 2.36. The van der Waals surface area contributed by atoms with Gasteiger partial charge in [0.25, 0.3) is 0 Å². The van der Waals surface area contributed by atoms with Gasteiger partial charge in [-0.25, -0.2) is 4.39 Å². The van der Waals surface area contributed by atoms with Gasteiger partial charge in [-0.3, -0.25) is 4.99 Å². The minimum absolute atomic E-state index is 0.0439. The van der Waals surface area contributed by atoms with E-state index in [1.54, 1.807) is 12.3 Å². The molecule has 1 aliphatic heterocycles. The van der Waals surface area contributed by atoms with Crippen LogP contribution in [0.15, 0.2) is 35.3 Å². The zero-order valence-electron chi connectivity index (χ0n) is 16.7. The van der Waals surface area contributed by atoms with Gasteiger partial charge in [0, 0.05) is 29.5 Å². The number of aryl methyl sites for hydroxylation is 2. The van der Waals surface area contributed by atoms with E-state index in [4.69, 9.17) is 0 Å². The SMILES string of the molecule is CCN1c2cc(F)c(C=Nc3ccc(C)cc3C)cc2C(C)CC1(C)C. The minimum Gasteiger partial charge on any atom is -0.366 e. The smallest absolute Gasteiger partial charge is 0.134 e. The number of anilines is 1. The van der Waals surface area contributed by atoms with Crippen LogP contribution in [0.4, 0.5) is 15.8 Å². The summed E-state index contributed by atoms with van der Waals surface area (Å²) < 4.78 is 14.8. The number of nitrogens with zero attached hydrogens (tertiary/aromatic N) is 2. The molecule has 0 saturated heterocycles. The van der Waals surface area contributed by atoms with Crippen molar-refractivity contribution in [2.45, 2.75) is 59.4 Å². The number of halogens is 1. The molecule has 2 aromatic carbocycles. The molecule has 1 heterocycles. The van der Waals surface area contributed by atoms with Crippen molar-refractivity contribution in [3.8, 4) is 0 Å². The van der Waals surface area contributed by atoms with Crippen LogP contribution >= 0.6 is 0 Å². The molecule has 1 aliphatic rings. The third-order valence-electron chi connectivity index (χ3n) is 5.52. The van der Waals surface area contributed by atoms with Crippen molar-refractivity contribution < 1.29 is 4.39 Å². The lowest BCUT2D eigenvalue weighted by molar-refractivity contribution is 0.380. The van der Waals surface area contributed by atoms with Gasteiger partial charge in [-0.05, 0) is 76.3 Å². The van der Waals surface area contributed by atoms with E-state index in [2.05, 4.69) is 50.6 Å². The molecule has 0 aromatic heterocycles. The fourth-order valence-corrected chi connectivity index (χ4v) is 4.31. The summed E-state index contributed by atoms with van der Waals surface area (Å²) in [5, 5.41) is 0. The van der Waals surface area contributed by atoms with Crippen LogP contribution in [0, 0.1) is 19.7 Å². The fraction of sp³-hybridized carbons (Fsp3) is 0.435. The second-order valence-corrected chi connectivity index (χ2v) is 8.14. The molecule has 0 saturated carbocycles. The largest absolute Gasteiger partial charge is 0.366 e. The van der Waals surface area contributed by atoms with Crippen LogP contribution in [-0.2, 0) is 0 Å². The highest BCUT2D eigenvalue weighted by Crippen LogP contribution is 2.43. The minimum atomic E-state index is -0.208. The molecule has 0 fully saturated rings. The third kappa shape index (κ3) is 3.40. The summed E-state index contributed by atoms with van der Waals surface area (Å²) in [5.41, 5.74) is 6.04. The average Bonchev–Trinajstić information content (AvgIpc) is 2.54. The van der Waals surface area contributed by atoms with Crippen molar-refractivity contribution in [2.75, 3.05) is 11.4 Å². The van der Waals surface area contributed by atoms with Gasteiger partial charge in [-0.2, -0.15) is 0 Å². The summed E-state index contributed by atoms with van der Waals surface area (Å²) in [7, 11) is 0. The quantitative estimate of drug-likeness (QED) is 0.591. The molecule has 138 valence electrons. The van der Waals surface area contributed by atoms with Crippen molar-refractivity contribution in [1.82, 2.24) is 0 Å². The predicted octanol–water partition coefficient (Wildman–Crippen LogP) is 6.31. The first-order valence-electron chi connectivity index (χ1n) is 9.45. The number of rotatable bonds is 3. The van der Waals surface area contributed by atoms with Gasteiger partial charge in [0.05, 0.1) is 5.69 Å². The second-order valence-electron chi connectivity index (χ2n) is 8.14. The highest BCUT2D eigenvalue weighted by atomic mass is 19.1. The number of hydrogen-bond donors (Lipinski definition) is 0. The zero-order chi connectivity index (χ0) is 19.1. The van der Waals surface area contributed by atoms with Crippen molar-refractivity contribution >= 4 is 17.6 Å². The number of aliphatic imine (C=N–C) groups is 1. The molecule has 0 bridgehead atoms. The van der Waals surface area contributed by atoms with Crippen molar-refractivity contribution in [1.29, 1.82) is 0 Å². The normalized spacial score (nSPS) is 19.0. The van der Waals surface area contributed by atoms with E-state index in [1.807, 2.05) is 25.1 Å². The maximum absolute atomic E-state index is 14.8. The summed E-state index contributed by atoms with van der Waals surface area (Å²) in [5.74, 6) is 0.192. The predicted molar refractivity (Wildman–Crippen MR) is 110 cm³/mol. The van der Waals surface area contributed by atoms with Gasteiger partial charge in [0.15, 0.2) is 0 Å². The third-order valence-corrected chi connectivity index (χ3v) is 5.52. The van der Waals surface area contributed by atoms with Crippen LogP contribution in [0.5, 0.6) is 0 Å². The van der Waals surface area contributed by atoms with Crippen LogP contribution < -0.4 is 4.90 Å². The number of benzene rings is 2. The van der Waals surface area contributed by atoms with Gasteiger partial charge in [-0.15, -0.1) is 0 Å². The monoisotopic (exact) mass is 352 g/mol. The molecular formula is C23H29FN2. The first-order chi connectivity index (χ1) is 12.2. The molecule has 0 aliphatic carbocycles. The van der Waals surface area contributed by atoms with E-state index in [0.717, 1.165) is 29.9 Å². The summed E-state index contributed by atoms with van der Waals surface area (Å²) in [6, 6.07) is 9.80. The van der Waals surface area contributed by atoms with Gasteiger partial charge in [0.2, 0.25) is 0 Å². The van der Waals surface area contributed by atoms with Gasteiger partial charge >= 0.3 is 0 Å². The van der Waals surface area contributed by atoms with E-state index in [0.29, 0.717) is 11.5 Å². The van der Waals surface area contributed by atoms with Crippen molar-refractivity contribution in [3.05, 3.63) is 58.4 Å². The second kappa shape index (κ2) is 6.86. The molecule has 2 nitrogen and oxygen atoms in total. The molecule has 0 amide bonds. The number of fused-ring (bicyclic) bond motifs is 1. The Balaban J connectivity index is 2.01. The van der Waals surface area contributed by atoms with Gasteiger partial charge in [-0.1, -0.05) is 24.6 Å². The van der Waals surface area contributed by atoms with E-state index >= 15 is 0 Å². The molecule has 3 heteroatoms. The van der Waals surface area contributed by atoms with Crippen molar-refractivity contribution in [3.63, 3.8) is 0 Å². The molecule has 0 N–H and O–H groups in total. The Bertz CT molecular complexity index is 852. The maximum atomic E-state index is 14.8. The maximum Gasteiger partial charge on any atom is 0.134 e. The molecule has 2 aromatic rings. The summed E-state index contributed by atoms with van der Waals surface area (Å²) >= 11 is 0. The van der Waals surface area contributed by atoms with Crippen LogP contribution in [0.1, 0.15) is 62.3 Å². The lowest BCUT2D eigenvalue weighted by atomic mass is 9.79. The topological polar surface area (TPSA) is 15.6 Å². The molecule has 0 spiro atoms. The van der Waals surface area contributed by atoms with Crippen LogP contribution in [0.25, 0.3) is 0 Å². The Labute approximate surface area is 156 Å². The first-order valence-corrected chi connectivity index (χ1v) is 9.45. The Morgan fingerprint density at radius 3 is 2.62 bits per heavy atom. The van der Waals surface area contributed by atoms with Gasteiger partial charge in [0.1, 0.15) is 5.82 Å². The lowest BCUT2D eigenvalue weighted by Gasteiger charge is -2.47. The first kappa shape index (κ1) is 18.6. The van der Waals surface area contributed by atoms with E-state index < -0.39 is 0 Å². The lowest BCUT2D eigenvalue weighted by Crippen LogP contribution is -2.48. The number of hydrogen-bond acceptors (Lipinski definition) is 2.